The van der Waals surface area contributed by atoms with Crippen molar-refractivity contribution in [1.29, 1.82) is 0 Å². The average molecular weight is 460 g/mol. The van der Waals surface area contributed by atoms with E-state index >= 15 is 0 Å². The Morgan fingerprint density at radius 3 is 2.53 bits per heavy atom. The zero-order chi connectivity index (χ0) is 22.1. The van der Waals surface area contributed by atoms with Gasteiger partial charge in [-0.1, -0.05) is 65.9 Å². The summed E-state index contributed by atoms with van der Waals surface area (Å²) in [5, 5.41) is 1.33. The molecule has 5 aromatic rings. The number of hydrogen-bond acceptors (Lipinski definition) is 4. The normalized spacial score (nSPS) is 11.8. The molecule has 0 saturated heterocycles. The van der Waals surface area contributed by atoms with Crippen LogP contribution in [0.4, 0.5) is 0 Å². The molecule has 2 heterocycles. The van der Waals surface area contributed by atoms with Crippen LogP contribution in [0.25, 0.3) is 23.7 Å². The molecule has 0 aliphatic rings. The van der Waals surface area contributed by atoms with Gasteiger partial charge < -0.3 is 9.72 Å². The molecule has 0 atom stereocenters. The maximum Gasteiger partial charge on any atom is 0.305 e. The molecule has 0 radical (unpaired) electrons. The van der Waals surface area contributed by atoms with Crippen molar-refractivity contribution in [1.82, 2.24) is 14.5 Å². The number of aromatic amines is 1. The lowest BCUT2D eigenvalue weighted by Crippen LogP contribution is -2.19. The number of benzene rings is 3. The van der Waals surface area contributed by atoms with Crippen LogP contribution < -0.4 is 19.5 Å². The number of para-hydroxylation sites is 2. The number of ether oxygens (including phenoxy) is 1. The van der Waals surface area contributed by atoms with Crippen LogP contribution in [0.3, 0.4) is 0 Å². The maximum atomic E-state index is 11.5. The number of H-pyrrole nitrogens is 1. The van der Waals surface area contributed by atoms with Gasteiger partial charge in [-0.2, -0.15) is 4.98 Å². The van der Waals surface area contributed by atoms with Crippen LogP contribution in [-0.4, -0.2) is 14.5 Å². The average Bonchev–Trinajstić information content (AvgIpc) is 3.29. The van der Waals surface area contributed by atoms with Crippen molar-refractivity contribution in [3.8, 4) is 11.8 Å². The Labute approximate surface area is 192 Å². The van der Waals surface area contributed by atoms with Crippen LogP contribution in [0.5, 0.6) is 11.8 Å². The van der Waals surface area contributed by atoms with E-state index in [1.54, 1.807) is 0 Å². The van der Waals surface area contributed by atoms with Gasteiger partial charge in [0, 0.05) is 5.02 Å². The number of thiazole rings is 1. The molecule has 0 spiro atoms. The molecule has 5 nitrogen and oxygen atoms in total. The Bertz CT molecular complexity index is 1570. The topological polar surface area (TPSA) is 59.9 Å². The van der Waals surface area contributed by atoms with Gasteiger partial charge in [-0.15, -0.1) is 0 Å². The van der Waals surface area contributed by atoms with Crippen LogP contribution in [0.15, 0.2) is 77.6 Å². The molecule has 0 saturated carbocycles. The highest BCUT2D eigenvalue weighted by Crippen LogP contribution is 2.27. The molecule has 0 aliphatic heterocycles. The Morgan fingerprint density at radius 1 is 1.06 bits per heavy atom. The highest BCUT2D eigenvalue weighted by Gasteiger charge is 2.13. The third-order valence-electron chi connectivity index (χ3n) is 5.01. The van der Waals surface area contributed by atoms with E-state index in [4.69, 9.17) is 16.3 Å². The number of aromatic nitrogens is 3. The van der Waals surface area contributed by atoms with E-state index < -0.39 is 0 Å². The lowest BCUT2D eigenvalue weighted by molar-refractivity contribution is 0.421. The molecule has 3 aromatic carbocycles. The summed E-state index contributed by atoms with van der Waals surface area (Å²) in [5.74, 6) is 0.673. The SMILES string of the molecule is C=c1[nH]c(=O)s/c1=C/c1ccc(Oc2nc3ccccc3n2Cc2ccc(Cl)cc2)cc1. The molecule has 32 heavy (non-hydrogen) atoms. The maximum absolute atomic E-state index is 11.5. The predicted octanol–water partition coefficient (Wildman–Crippen LogP) is 4.52. The summed E-state index contributed by atoms with van der Waals surface area (Å²) in [4.78, 5) is 18.7. The lowest BCUT2D eigenvalue weighted by Gasteiger charge is -2.10. The molecule has 7 heteroatoms. The number of imidazole rings is 1. The van der Waals surface area contributed by atoms with Crippen molar-refractivity contribution < 1.29 is 4.74 Å². The third-order valence-corrected chi connectivity index (χ3v) is 6.14. The minimum absolute atomic E-state index is 0.110. The van der Waals surface area contributed by atoms with Crippen LogP contribution in [0, 0.1) is 0 Å². The summed E-state index contributed by atoms with van der Waals surface area (Å²) in [5.41, 5.74) is 3.91. The monoisotopic (exact) mass is 459 g/mol. The van der Waals surface area contributed by atoms with Gasteiger partial charge in [-0.05, 0) is 53.6 Å². The number of nitrogens with zero attached hydrogens (tertiary/aromatic N) is 2. The van der Waals surface area contributed by atoms with Gasteiger partial charge in [0.05, 0.1) is 27.5 Å². The zero-order valence-corrected chi connectivity index (χ0v) is 18.5. The van der Waals surface area contributed by atoms with Crippen LogP contribution in [0.1, 0.15) is 11.1 Å². The number of rotatable bonds is 5. The molecule has 0 fully saturated rings. The van der Waals surface area contributed by atoms with Gasteiger partial charge in [-0.3, -0.25) is 9.36 Å². The molecule has 0 amide bonds. The van der Waals surface area contributed by atoms with Crippen molar-refractivity contribution in [2.75, 3.05) is 0 Å². The number of fused-ring (bicyclic) bond motifs is 1. The zero-order valence-electron chi connectivity index (χ0n) is 16.9. The van der Waals surface area contributed by atoms with Crippen molar-refractivity contribution in [3.05, 3.63) is 108 Å². The summed E-state index contributed by atoms with van der Waals surface area (Å²) >= 11 is 7.17. The fourth-order valence-electron chi connectivity index (χ4n) is 3.43. The van der Waals surface area contributed by atoms with E-state index in [0.29, 0.717) is 28.7 Å². The quantitative estimate of drug-likeness (QED) is 0.420. The van der Waals surface area contributed by atoms with Crippen LogP contribution in [-0.2, 0) is 6.54 Å². The van der Waals surface area contributed by atoms with Gasteiger partial charge in [0.15, 0.2) is 0 Å². The van der Waals surface area contributed by atoms with Crippen molar-refractivity contribution in [2.24, 2.45) is 0 Å². The van der Waals surface area contributed by atoms with Crippen LogP contribution >= 0.6 is 22.9 Å². The molecule has 2 aromatic heterocycles. The number of hydrogen-bond donors (Lipinski definition) is 1. The smallest absolute Gasteiger partial charge is 0.305 e. The Morgan fingerprint density at radius 2 is 1.81 bits per heavy atom. The lowest BCUT2D eigenvalue weighted by atomic mass is 10.2. The fraction of sp³-hybridized carbons (Fsp3) is 0.0400. The summed E-state index contributed by atoms with van der Waals surface area (Å²) in [6, 6.07) is 23.9. The highest BCUT2D eigenvalue weighted by atomic mass is 35.5. The second-order valence-corrected chi connectivity index (χ2v) is 8.72. The molecular weight excluding hydrogens is 442 g/mol. The van der Waals surface area contributed by atoms with E-state index in [-0.39, 0.29) is 4.87 Å². The Hall–Kier alpha value is -3.61. The predicted molar refractivity (Wildman–Crippen MR) is 130 cm³/mol. The molecule has 1 N–H and O–H groups in total. The molecule has 0 aliphatic carbocycles. The van der Waals surface area contributed by atoms with E-state index in [1.807, 2.05) is 83.4 Å². The number of halogens is 1. The van der Waals surface area contributed by atoms with Crippen molar-refractivity contribution >= 4 is 46.6 Å². The first-order chi connectivity index (χ1) is 15.5. The summed E-state index contributed by atoms with van der Waals surface area (Å²) in [6.07, 6.45) is 1.92. The Kier molecular flexibility index (Phi) is 5.39. The second kappa shape index (κ2) is 8.49. The highest BCUT2D eigenvalue weighted by molar-refractivity contribution is 7.07. The summed E-state index contributed by atoms with van der Waals surface area (Å²) < 4.78 is 9.03. The molecule has 5 rings (SSSR count). The first-order valence-corrected chi connectivity index (χ1v) is 11.1. The minimum Gasteiger partial charge on any atom is -0.425 e. The minimum atomic E-state index is -0.110. The summed E-state index contributed by atoms with van der Waals surface area (Å²) in [6.45, 7) is 4.47. The van der Waals surface area contributed by atoms with E-state index in [1.165, 1.54) is 0 Å². The Balaban J connectivity index is 1.46. The van der Waals surface area contributed by atoms with E-state index in [2.05, 4.69) is 16.5 Å². The van der Waals surface area contributed by atoms with Crippen LogP contribution in [0.2, 0.25) is 5.02 Å². The van der Waals surface area contributed by atoms with Gasteiger partial charge in [0.25, 0.3) is 0 Å². The fourth-order valence-corrected chi connectivity index (χ4v) is 4.30. The van der Waals surface area contributed by atoms with E-state index in [0.717, 1.165) is 38.0 Å². The van der Waals surface area contributed by atoms with Gasteiger partial charge in [0.1, 0.15) is 5.75 Å². The summed E-state index contributed by atoms with van der Waals surface area (Å²) in [7, 11) is 0. The van der Waals surface area contributed by atoms with Gasteiger partial charge in [-0.25, -0.2) is 0 Å². The van der Waals surface area contributed by atoms with Gasteiger partial charge >= 0.3 is 10.9 Å². The molecule has 0 bridgehead atoms. The standard InChI is InChI=1S/C25H18ClN3O2S/c1-16-23(32-25(30)27-16)14-17-8-12-20(13-9-17)31-24-28-21-4-2-3-5-22(21)29(24)15-18-6-10-19(26)11-7-18/h2-14H,1,15H2,(H,27,30)/b23-14+. The molecular formula is C25H18ClN3O2S. The largest absolute Gasteiger partial charge is 0.425 e. The van der Waals surface area contributed by atoms with E-state index in [9.17, 15) is 4.79 Å². The first-order valence-electron chi connectivity index (χ1n) is 9.92. The third kappa shape index (κ3) is 4.23. The van der Waals surface area contributed by atoms with Gasteiger partial charge in [0.2, 0.25) is 0 Å². The molecule has 0 unspecified atom stereocenters. The molecule has 158 valence electrons. The van der Waals surface area contributed by atoms with Crippen molar-refractivity contribution in [3.63, 3.8) is 0 Å². The number of nitrogens with one attached hydrogen (secondary N) is 1. The second-order valence-electron chi connectivity index (χ2n) is 7.27. The van der Waals surface area contributed by atoms with Crippen molar-refractivity contribution in [2.45, 2.75) is 6.54 Å². The first kappa shape index (κ1) is 20.3.